The number of rotatable bonds is 13. The van der Waals surface area contributed by atoms with Gasteiger partial charge in [-0.15, -0.1) is 0 Å². The van der Waals surface area contributed by atoms with Crippen LogP contribution >= 0.6 is 0 Å². The van der Waals surface area contributed by atoms with Gasteiger partial charge in [-0.2, -0.15) is 0 Å². The Morgan fingerprint density at radius 1 is 0.571 bits per heavy atom. The van der Waals surface area contributed by atoms with Crippen LogP contribution in [-0.4, -0.2) is 32.2 Å². The SMILES string of the molecule is CC(C)Cn1c2ccccc2c2cc(CNCCCCNCc3cc4c5ccccc5n(CC(C)C)c4cn3)ncc21. The van der Waals surface area contributed by atoms with Crippen molar-refractivity contribution in [3.8, 4) is 0 Å². The molecule has 0 saturated carbocycles. The smallest absolute Gasteiger partial charge is 0.0678 e. The summed E-state index contributed by atoms with van der Waals surface area (Å²) in [4.78, 5) is 9.61. The van der Waals surface area contributed by atoms with Gasteiger partial charge in [0.25, 0.3) is 0 Å². The fourth-order valence-electron chi connectivity index (χ4n) is 6.23. The molecular formula is C36H44N6. The van der Waals surface area contributed by atoms with Crippen molar-refractivity contribution in [1.29, 1.82) is 0 Å². The van der Waals surface area contributed by atoms with Gasteiger partial charge in [0.2, 0.25) is 0 Å². The minimum absolute atomic E-state index is 0.586. The van der Waals surface area contributed by atoms with Crippen molar-refractivity contribution in [3.63, 3.8) is 0 Å². The molecule has 0 saturated heterocycles. The first kappa shape index (κ1) is 28.4. The van der Waals surface area contributed by atoms with Gasteiger partial charge in [0.15, 0.2) is 0 Å². The van der Waals surface area contributed by atoms with E-state index in [4.69, 9.17) is 9.97 Å². The lowest BCUT2D eigenvalue weighted by Gasteiger charge is -2.10. The highest BCUT2D eigenvalue weighted by atomic mass is 15.0. The molecule has 2 aromatic carbocycles. The van der Waals surface area contributed by atoms with Crippen LogP contribution in [0.4, 0.5) is 0 Å². The largest absolute Gasteiger partial charge is 0.339 e. The minimum atomic E-state index is 0.586. The molecule has 42 heavy (non-hydrogen) atoms. The van der Waals surface area contributed by atoms with Crippen molar-refractivity contribution < 1.29 is 0 Å². The van der Waals surface area contributed by atoms with Crippen LogP contribution in [0.3, 0.4) is 0 Å². The number of hydrogen-bond donors (Lipinski definition) is 2. The number of unbranched alkanes of at least 4 members (excludes halogenated alkanes) is 1. The monoisotopic (exact) mass is 560 g/mol. The van der Waals surface area contributed by atoms with Crippen LogP contribution in [0.1, 0.15) is 51.9 Å². The Labute approximate surface area is 249 Å². The third-order valence-corrected chi connectivity index (χ3v) is 8.10. The highest BCUT2D eigenvalue weighted by Crippen LogP contribution is 2.31. The van der Waals surface area contributed by atoms with Crippen LogP contribution in [0, 0.1) is 11.8 Å². The van der Waals surface area contributed by atoms with Crippen LogP contribution in [0.5, 0.6) is 0 Å². The zero-order valence-corrected chi connectivity index (χ0v) is 25.5. The normalized spacial score (nSPS) is 12.2. The van der Waals surface area contributed by atoms with Crippen molar-refractivity contribution >= 4 is 43.6 Å². The quantitative estimate of drug-likeness (QED) is 0.142. The average Bonchev–Trinajstić information content (AvgIpc) is 3.46. The summed E-state index contributed by atoms with van der Waals surface area (Å²) in [5.74, 6) is 1.17. The van der Waals surface area contributed by atoms with Crippen LogP contribution in [-0.2, 0) is 26.2 Å². The second-order valence-electron chi connectivity index (χ2n) is 12.5. The predicted octanol–water partition coefficient (Wildman–Crippen LogP) is 7.66. The van der Waals surface area contributed by atoms with Crippen molar-refractivity contribution in [2.24, 2.45) is 11.8 Å². The Morgan fingerprint density at radius 2 is 1.00 bits per heavy atom. The molecular weight excluding hydrogens is 516 g/mol. The molecule has 4 aromatic heterocycles. The molecule has 6 aromatic rings. The number of nitrogens with one attached hydrogen (secondary N) is 2. The van der Waals surface area contributed by atoms with E-state index < -0.39 is 0 Å². The molecule has 6 rings (SSSR count). The van der Waals surface area contributed by atoms with Crippen LogP contribution < -0.4 is 10.6 Å². The molecule has 0 aliphatic rings. The topological polar surface area (TPSA) is 59.7 Å². The first-order valence-electron chi connectivity index (χ1n) is 15.6. The summed E-state index contributed by atoms with van der Waals surface area (Å²) in [5.41, 5.74) is 7.26. The summed E-state index contributed by atoms with van der Waals surface area (Å²) in [6.45, 7) is 14.6. The second-order valence-corrected chi connectivity index (χ2v) is 12.5. The molecule has 218 valence electrons. The van der Waals surface area contributed by atoms with Gasteiger partial charge in [-0.05, 0) is 62.0 Å². The molecule has 0 atom stereocenters. The summed E-state index contributed by atoms with van der Waals surface area (Å²) in [6.07, 6.45) is 6.37. The number of benzene rings is 2. The van der Waals surface area contributed by atoms with E-state index in [0.29, 0.717) is 11.8 Å². The van der Waals surface area contributed by atoms with Gasteiger partial charge in [-0.3, -0.25) is 9.97 Å². The van der Waals surface area contributed by atoms with Crippen molar-refractivity contribution in [3.05, 3.63) is 84.4 Å². The van der Waals surface area contributed by atoms with E-state index in [1.807, 2.05) is 0 Å². The van der Waals surface area contributed by atoms with Gasteiger partial charge in [-0.1, -0.05) is 64.1 Å². The van der Waals surface area contributed by atoms with E-state index >= 15 is 0 Å². The number of nitrogens with zero attached hydrogens (tertiary/aromatic N) is 4. The molecule has 0 amide bonds. The van der Waals surface area contributed by atoms with E-state index in [0.717, 1.165) is 63.5 Å². The molecule has 0 unspecified atom stereocenters. The lowest BCUT2D eigenvalue weighted by molar-refractivity contribution is 0.545. The predicted molar refractivity (Wildman–Crippen MR) is 177 cm³/mol. The molecule has 0 aliphatic carbocycles. The summed E-state index contributed by atoms with van der Waals surface area (Å²) in [6, 6.07) is 22.0. The number of hydrogen-bond acceptors (Lipinski definition) is 4. The summed E-state index contributed by atoms with van der Waals surface area (Å²) in [5, 5.41) is 12.4. The second kappa shape index (κ2) is 12.6. The first-order chi connectivity index (χ1) is 20.5. The average molecular weight is 561 g/mol. The third kappa shape index (κ3) is 5.92. The minimum Gasteiger partial charge on any atom is -0.339 e. The zero-order chi connectivity index (χ0) is 29.1. The summed E-state index contributed by atoms with van der Waals surface area (Å²) < 4.78 is 4.84. The van der Waals surface area contributed by atoms with Crippen LogP contribution in [0.15, 0.2) is 73.1 Å². The number of fused-ring (bicyclic) bond motifs is 6. The Bertz CT molecular complexity index is 1670. The Hall–Kier alpha value is -3.74. The maximum absolute atomic E-state index is 4.80. The third-order valence-electron chi connectivity index (χ3n) is 8.10. The van der Waals surface area contributed by atoms with Crippen molar-refractivity contribution in [2.45, 2.75) is 66.7 Å². The number of pyridine rings is 2. The lowest BCUT2D eigenvalue weighted by Crippen LogP contribution is -2.19. The van der Waals surface area contributed by atoms with Crippen LogP contribution in [0.2, 0.25) is 0 Å². The lowest BCUT2D eigenvalue weighted by atomic mass is 10.1. The van der Waals surface area contributed by atoms with Gasteiger partial charge >= 0.3 is 0 Å². The molecule has 0 spiro atoms. The van der Waals surface area contributed by atoms with Gasteiger partial charge < -0.3 is 19.8 Å². The fraction of sp³-hybridized carbons (Fsp3) is 0.389. The zero-order valence-electron chi connectivity index (χ0n) is 25.5. The molecule has 6 heteroatoms. The van der Waals surface area contributed by atoms with E-state index in [2.05, 4.69) is 121 Å². The number of para-hydroxylation sites is 2. The molecule has 0 radical (unpaired) electrons. The van der Waals surface area contributed by atoms with Crippen LogP contribution in [0.25, 0.3) is 43.6 Å². The summed E-state index contributed by atoms with van der Waals surface area (Å²) in [7, 11) is 0. The molecule has 0 fully saturated rings. The highest BCUT2D eigenvalue weighted by molar-refractivity contribution is 6.08. The van der Waals surface area contributed by atoms with Crippen molar-refractivity contribution in [1.82, 2.24) is 29.7 Å². The Morgan fingerprint density at radius 3 is 1.43 bits per heavy atom. The highest BCUT2D eigenvalue weighted by Gasteiger charge is 2.14. The molecule has 0 aliphatic heterocycles. The standard InChI is InChI=1S/C36H44N6/c1-25(2)23-41-33-13-7-5-11-29(33)31-17-27(39-21-35(31)41)19-37-15-9-10-16-38-20-28-18-32-30-12-6-8-14-34(30)42(24-26(3)4)36(32)22-40-28/h5-8,11-14,17-18,21-22,25-26,37-38H,9-10,15-16,19-20,23-24H2,1-4H3. The molecule has 2 N–H and O–H groups in total. The van der Waals surface area contributed by atoms with Gasteiger partial charge in [-0.25, -0.2) is 0 Å². The van der Waals surface area contributed by atoms with Gasteiger partial charge in [0.05, 0.1) is 34.8 Å². The summed E-state index contributed by atoms with van der Waals surface area (Å²) >= 11 is 0. The molecule has 6 nitrogen and oxygen atoms in total. The maximum atomic E-state index is 4.80. The Kier molecular flexibility index (Phi) is 8.54. The first-order valence-corrected chi connectivity index (χ1v) is 15.6. The van der Waals surface area contributed by atoms with E-state index in [9.17, 15) is 0 Å². The van der Waals surface area contributed by atoms with Gasteiger partial charge in [0.1, 0.15) is 0 Å². The van der Waals surface area contributed by atoms with E-state index in [1.165, 1.54) is 43.6 Å². The van der Waals surface area contributed by atoms with E-state index in [-0.39, 0.29) is 0 Å². The van der Waals surface area contributed by atoms with Gasteiger partial charge in [0, 0.05) is 58.8 Å². The maximum Gasteiger partial charge on any atom is 0.0678 e. The fourth-order valence-corrected chi connectivity index (χ4v) is 6.23. The van der Waals surface area contributed by atoms with E-state index in [1.54, 1.807) is 0 Å². The molecule has 0 bridgehead atoms. The van der Waals surface area contributed by atoms with Crippen molar-refractivity contribution in [2.75, 3.05) is 13.1 Å². The Balaban J connectivity index is 0.990. The number of aromatic nitrogens is 4. The molecule has 4 heterocycles.